The van der Waals surface area contributed by atoms with E-state index in [1.807, 2.05) is 11.6 Å². The summed E-state index contributed by atoms with van der Waals surface area (Å²) in [6.07, 6.45) is 2.66. The molecular weight excluding hydrogens is 292 g/mol. The molecule has 106 valence electrons. The maximum absolute atomic E-state index is 11.1. The Morgan fingerprint density at radius 2 is 1.95 bits per heavy atom. The average molecular weight is 308 g/mol. The monoisotopic (exact) mass is 308 g/mol. The third-order valence-corrected chi connectivity index (χ3v) is 4.77. The maximum Gasteiger partial charge on any atom is 0.238 e. The molecule has 0 atom stereocenters. The number of hydrogen-bond acceptors (Lipinski definition) is 4. The standard InChI is InChI=1S/C14H16N2O2S2/c1-11-7-9-19-14(11)10-16-8-6-12-2-4-13(5-3-12)20(15,17)18/h2-5,7,9-10H,6,8H2,1H3,(H2,15,17,18). The third-order valence-electron chi connectivity index (χ3n) is 2.89. The SMILES string of the molecule is Cc1ccsc1C=NCCc1ccc(S(N)(=O)=O)cc1. The van der Waals surface area contributed by atoms with Gasteiger partial charge in [-0.2, -0.15) is 0 Å². The summed E-state index contributed by atoms with van der Waals surface area (Å²) in [4.78, 5) is 5.70. The number of nitrogens with zero attached hydrogens (tertiary/aromatic N) is 1. The highest BCUT2D eigenvalue weighted by molar-refractivity contribution is 7.89. The van der Waals surface area contributed by atoms with Crippen molar-refractivity contribution < 1.29 is 8.42 Å². The third kappa shape index (κ3) is 4.00. The van der Waals surface area contributed by atoms with Gasteiger partial charge in [0.15, 0.2) is 0 Å². The van der Waals surface area contributed by atoms with E-state index in [0.717, 1.165) is 12.0 Å². The number of nitrogens with two attached hydrogens (primary N) is 1. The Hall–Kier alpha value is -1.50. The number of aryl methyl sites for hydroxylation is 1. The molecule has 0 saturated carbocycles. The second kappa shape index (κ2) is 6.30. The number of primary sulfonamides is 1. The highest BCUT2D eigenvalue weighted by Gasteiger charge is 2.06. The second-order valence-electron chi connectivity index (χ2n) is 4.44. The van der Waals surface area contributed by atoms with E-state index in [9.17, 15) is 8.42 Å². The van der Waals surface area contributed by atoms with Crippen molar-refractivity contribution in [2.24, 2.45) is 10.1 Å². The van der Waals surface area contributed by atoms with Crippen LogP contribution in [0.2, 0.25) is 0 Å². The molecule has 0 aliphatic rings. The van der Waals surface area contributed by atoms with Crippen LogP contribution in [0.5, 0.6) is 0 Å². The Morgan fingerprint density at radius 3 is 2.50 bits per heavy atom. The van der Waals surface area contributed by atoms with Crippen LogP contribution in [0.3, 0.4) is 0 Å². The lowest BCUT2D eigenvalue weighted by Gasteiger charge is -2.01. The first-order chi connectivity index (χ1) is 9.47. The zero-order valence-corrected chi connectivity index (χ0v) is 12.7. The molecule has 0 fully saturated rings. The van der Waals surface area contributed by atoms with Crippen molar-refractivity contribution in [2.45, 2.75) is 18.2 Å². The summed E-state index contributed by atoms with van der Waals surface area (Å²) in [5, 5.41) is 7.09. The van der Waals surface area contributed by atoms with E-state index in [1.165, 1.54) is 22.6 Å². The molecule has 2 aromatic rings. The molecule has 6 heteroatoms. The number of aliphatic imine (C=N–C) groups is 1. The van der Waals surface area contributed by atoms with Gasteiger partial charge in [-0.05, 0) is 48.1 Å². The van der Waals surface area contributed by atoms with Gasteiger partial charge in [0, 0.05) is 17.6 Å². The Morgan fingerprint density at radius 1 is 1.25 bits per heavy atom. The molecule has 0 bridgehead atoms. The Labute approximate surface area is 123 Å². The molecule has 1 heterocycles. The molecule has 0 aliphatic carbocycles. The van der Waals surface area contributed by atoms with Gasteiger partial charge in [0.2, 0.25) is 10.0 Å². The van der Waals surface area contributed by atoms with Gasteiger partial charge >= 0.3 is 0 Å². The molecule has 0 unspecified atom stereocenters. The van der Waals surface area contributed by atoms with Gasteiger partial charge in [0.25, 0.3) is 0 Å². The lowest BCUT2D eigenvalue weighted by molar-refractivity contribution is 0.598. The van der Waals surface area contributed by atoms with Gasteiger partial charge in [-0.25, -0.2) is 13.6 Å². The molecule has 1 aromatic heterocycles. The number of benzene rings is 1. The van der Waals surface area contributed by atoms with E-state index in [4.69, 9.17) is 5.14 Å². The fourth-order valence-electron chi connectivity index (χ4n) is 1.70. The van der Waals surface area contributed by atoms with Crippen molar-refractivity contribution in [1.82, 2.24) is 0 Å². The van der Waals surface area contributed by atoms with Crippen LogP contribution in [0, 0.1) is 6.92 Å². The Bertz CT molecular complexity index is 701. The van der Waals surface area contributed by atoms with Crippen molar-refractivity contribution in [3.8, 4) is 0 Å². The summed E-state index contributed by atoms with van der Waals surface area (Å²) >= 11 is 1.67. The lowest BCUT2D eigenvalue weighted by Crippen LogP contribution is -2.11. The van der Waals surface area contributed by atoms with Gasteiger partial charge in [-0.1, -0.05) is 12.1 Å². The van der Waals surface area contributed by atoms with Crippen LogP contribution in [-0.2, 0) is 16.4 Å². The van der Waals surface area contributed by atoms with E-state index in [1.54, 1.807) is 23.5 Å². The van der Waals surface area contributed by atoms with E-state index >= 15 is 0 Å². The summed E-state index contributed by atoms with van der Waals surface area (Å²) in [5.41, 5.74) is 2.27. The fourth-order valence-corrected chi connectivity index (χ4v) is 3.03. The van der Waals surface area contributed by atoms with Crippen molar-refractivity contribution in [1.29, 1.82) is 0 Å². The number of thiophene rings is 1. The second-order valence-corrected chi connectivity index (χ2v) is 6.95. The number of sulfonamides is 1. The summed E-state index contributed by atoms with van der Waals surface area (Å²) in [6, 6.07) is 8.66. The molecule has 0 saturated heterocycles. The van der Waals surface area contributed by atoms with E-state index in [2.05, 4.69) is 18.0 Å². The maximum atomic E-state index is 11.1. The molecule has 20 heavy (non-hydrogen) atoms. The van der Waals surface area contributed by atoms with E-state index < -0.39 is 10.0 Å². The molecule has 2 rings (SSSR count). The smallest absolute Gasteiger partial charge is 0.238 e. The van der Waals surface area contributed by atoms with Gasteiger partial charge < -0.3 is 0 Å². The minimum atomic E-state index is -3.61. The normalized spacial score (nSPS) is 12.1. The predicted molar refractivity (Wildman–Crippen MR) is 83.0 cm³/mol. The minimum Gasteiger partial charge on any atom is -0.291 e. The van der Waals surface area contributed by atoms with Crippen molar-refractivity contribution in [2.75, 3.05) is 6.54 Å². The lowest BCUT2D eigenvalue weighted by atomic mass is 10.1. The van der Waals surface area contributed by atoms with Crippen molar-refractivity contribution in [3.63, 3.8) is 0 Å². The van der Waals surface area contributed by atoms with Crippen LogP contribution < -0.4 is 5.14 Å². The highest BCUT2D eigenvalue weighted by Crippen LogP contribution is 2.13. The van der Waals surface area contributed by atoms with Crippen LogP contribution in [0.15, 0.2) is 45.6 Å². The van der Waals surface area contributed by atoms with Crippen molar-refractivity contribution >= 4 is 27.6 Å². The quantitative estimate of drug-likeness (QED) is 0.861. The molecule has 0 aliphatic heterocycles. The molecule has 4 nitrogen and oxygen atoms in total. The van der Waals surface area contributed by atoms with Crippen molar-refractivity contribution in [3.05, 3.63) is 51.7 Å². The summed E-state index contributed by atoms with van der Waals surface area (Å²) < 4.78 is 22.2. The molecular formula is C14H16N2O2S2. The Kier molecular flexibility index (Phi) is 4.69. The van der Waals surface area contributed by atoms with Crippen LogP contribution in [0.25, 0.3) is 0 Å². The fraction of sp³-hybridized carbons (Fsp3) is 0.214. The molecule has 0 amide bonds. The summed E-state index contributed by atoms with van der Waals surface area (Å²) in [7, 11) is -3.61. The van der Waals surface area contributed by atoms with Gasteiger partial charge in [0.1, 0.15) is 0 Å². The first kappa shape index (κ1) is 14.9. The molecule has 0 radical (unpaired) electrons. The number of hydrogen-bond donors (Lipinski definition) is 1. The van der Waals surface area contributed by atoms with Gasteiger partial charge in [-0.3, -0.25) is 4.99 Å². The molecule has 0 spiro atoms. The summed E-state index contributed by atoms with van der Waals surface area (Å²) in [6.45, 7) is 2.73. The van der Waals surface area contributed by atoms with E-state index in [-0.39, 0.29) is 4.90 Å². The van der Waals surface area contributed by atoms with Crippen LogP contribution in [0.1, 0.15) is 16.0 Å². The first-order valence-electron chi connectivity index (χ1n) is 6.12. The Balaban J connectivity index is 1.92. The highest BCUT2D eigenvalue weighted by atomic mass is 32.2. The zero-order chi connectivity index (χ0) is 14.6. The van der Waals surface area contributed by atoms with E-state index in [0.29, 0.717) is 6.54 Å². The topological polar surface area (TPSA) is 72.5 Å². The van der Waals surface area contributed by atoms with Crippen LogP contribution >= 0.6 is 11.3 Å². The molecule has 2 N–H and O–H groups in total. The first-order valence-corrected chi connectivity index (χ1v) is 8.55. The molecule has 1 aromatic carbocycles. The van der Waals surface area contributed by atoms with Crippen LogP contribution in [0.4, 0.5) is 0 Å². The van der Waals surface area contributed by atoms with Crippen LogP contribution in [-0.4, -0.2) is 21.2 Å². The van der Waals surface area contributed by atoms with Gasteiger partial charge in [-0.15, -0.1) is 11.3 Å². The average Bonchev–Trinajstić information content (AvgIpc) is 2.80. The minimum absolute atomic E-state index is 0.138. The zero-order valence-electron chi connectivity index (χ0n) is 11.1. The predicted octanol–water partition coefficient (Wildman–Crippen LogP) is 2.37. The van der Waals surface area contributed by atoms with Gasteiger partial charge in [0.05, 0.1) is 4.90 Å². The number of rotatable bonds is 5. The largest absolute Gasteiger partial charge is 0.291 e. The summed E-state index contributed by atoms with van der Waals surface area (Å²) in [5.74, 6) is 0.